The first kappa shape index (κ1) is 39.9. The summed E-state index contributed by atoms with van der Waals surface area (Å²) in [6.45, 7) is 6.22. The molecule has 2 heteroatoms. The van der Waals surface area contributed by atoms with Gasteiger partial charge in [0.2, 0.25) is 0 Å². The summed E-state index contributed by atoms with van der Waals surface area (Å²) in [5.74, 6) is 0. The second-order valence-corrected chi connectivity index (χ2v) is 14.0. The van der Waals surface area contributed by atoms with Gasteiger partial charge in [-0.1, -0.05) is 219 Å². The summed E-state index contributed by atoms with van der Waals surface area (Å²) in [6, 6.07) is 0. The van der Waals surface area contributed by atoms with Crippen LogP contribution in [0.4, 0.5) is 0 Å². The van der Waals surface area contributed by atoms with Crippen molar-refractivity contribution in [1.29, 1.82) is 0 Å². The number of rotatable bonds is 34. The summed E-state index contributed by atoms with van der Waals surface area (Å²) < 4.78 is 12.3. The summed E-state index contributed by atoms with van der Waals surface area (Å²) in [7, 11) is 0. The zero-order chi connectivity index (χ0) is 30.0. The maximum Gasteiger partial charge on any atom is 0.0837 e. The Balaban J connectivity index is 1.84. The number of ether oxygens (including phenoxy) is 2. The molecule has 0 bridgehead atoms. The molecule has 0 amide bonds. The third-order valence-corrected chi connectivity index (χ3v) is 9.85. The Morgan fingerprint density at radius 1 is 0.286 bits per heavy atom. The van der Waals surface area contributed by atoms with E-state index < -0.39 is 0 Å². The van der Waals surface area contributed by atoms with Crippen molar-refractivity contribution in [3.63, 3.8) is 0 Å². The Morgan fingerprint density at radius 3 is 0.690 bits per heavy atom. The molecule has 0 aromatic heterocycles. The highest BCUT2D eigenvalue weighted by atomic mass is 16.6. The van der Waals surface area contributed by atoms with Gasteiger partial charge in [0.25, 0.3) is 0 Å². The summed E-state index contributed by atoms with van der Waals surface area (Å²) in [5, 5.41) is 0. The van der Waals surface area contributed by atoms with Crippen LogP contribution in [-0.4, -0.2) is 25.4 Å². The molecule has 0 saturated carbocycles. The minimum atomic E-state index is 0.363. The first-order chi connectivity index (χ1) is 20.9. The molecule has 1 saturated heterocycles. The average Bonchev–Trinajstić information content (AvgIpc) is 3.01. The minimum absolute atomic E-state index is 0.363. The van der Waals surface area contributed by atoms with Crippen LogP contribution >= 0.6 is 0 Å². The third kappa shape index (κ3) is 27.5. The van der Waals surface area contributed by atoms with Crippen molar-refractivity contribution < 1.29 is 9.47 Å². The number of hydrogen-bond donors (Lipinski definition) is 0. The predicted molar refractivity (Wildman–Crippen MR) is 188 cm³/mol. The van der Waals surface area contributed by atoms with Crippen LogP contribution in [0, 0.1) is 0 Å². The molecule has 0 aliphatic carbocycles. The van der Waals surface area contributed by atoms with E-state index in [-0.39, 0.29) is 0 Å². The molecule has 2 unspecified atom stereocenters. The summed E-state index contributed by atoms with van der Waals surface area (Å²) >= 11 is 0. The lowest BCUT2D eigenvalue weighted by Crippen LogP contribution is -2.38. The predicted octanol–water partition coefficient (Wildman–Crippen LogP) is 14.1. The molecule has 0 aromatic rings. The lowest BCUT2D eigenvalue weighted by atomic mass is 9.98. The minimum Gasteiger partial charge on any atom is -0.373 e. The van der Waals surface area contributed by atoms with Crippen LogP contribution in [0.1, 0.15) is 232 Å². The van der Waals surface area contributed by atoms with Crippen molar-refractivity contribution in [2.45, 2.75) is 244 Å². The van der Waals surface area contributed by atoms with Gasteiger partial charge in [-0.25, -0.2) is 0 Å². The molecule has 1 heterocycles. The molecule has 0 spiro atoms. The molecule has 252 valence electrons. The Hall–Kier alpha value is -0.0800. The van der Waals surface area contributed by atoms with Gasteiger partial charge in [-0.05, 0) is 12.8 Å². The second-order valence-electron chi connectivity index (χ2n) is 14.0. The molecular formula is C40H80O2. The van der Waals surface area contributed by atoms with Gasteiger partial charge >= 0.3 is 0 Å². The van der Waals surface area contributed by atoms with E-state index in [4.69, 9.17) is 9.47 Å². The zero-order valence-electron chi connectivity index (χ0n) is 29.4. The van der Waals surface area contributed by atoms with Crippen LogP contribution in [-0.2, 0) is 9.47 Å². The molecular weight excluding hydrogens is 512 g/mol. The molecule has 42 heavy (non-hydrogen) atoms. The Morgan fingerprint density at radius 2 is 0.476 bits per heavy atom. The van der Waals surface area contributed by atoms with E-state index in [9.17, 15) is 0 Å². The summed E-state index contributed by atoms with van der Waals surface area (Å²) in [4.78, 5) is 0. The molecule has 1 aliphatic heterocycles. The van der Waals surface area contributed by atoms with Gasteiger partial charge in [-0.2, -0.15) is 0 Å². The maximum atomic E-state index is 6.17. The van der Waals surface area contributed by atoms with Gasteiger partial charge in [-0.3, -0.25) is 0 Å². The molecule has 1 aliphatic rings. The highest BCUT2D eigenvalue weighted by molar-refractivity contribution is 4.74. The van der Waals surface area contributed by atoms with E-state index in [1.807, 2.05) is 0 Å². The summed E-state index contributed by atoms with van der Waals surface area (Å²) in [6.07, 6.45) is 49.1. The molecule has 2 nitrogen and oxygen atoms in total. The number of hydrogen-bond acceptors (Lipinski definition) is 2. The van der Waals surface area contributed by atoms with Crippen molar-refractivity contribution in [3.8, 4) is 0 Å². The Kier molecular flexibility index (Phi) is 32.2. The van der Waals surface area contributed by atoms with Gasteiger partial charge in [0, 0.05) is 0 Å². The topological polar surface area (TPSA) is 18.5 Å². The largest absolute Gasteiger partial charge is 0.373 e. The SMILES string of the molecule is CCCCCCCCCCCCCCCCCCC1OCCOC1CCCCCCCCCCCCCCCCCC. The van der Waals surface area contributed by atoms with E-state index >= 15 is 0 Å². The smallest absolute Gasteiger partial charge is 0.0837 e. The molecule has 0 aromatic carbocycles. The molecule has 1 fully saturated rings. The van der Waals surface area contributed by atoms with E-state index in [0.717, 1.165) is 13.2 Å². The zero-order valence-corrected chi connectivity index (χ0v) is 29.4. The van der Waals surface area contributed by atoms with E-state index in [2.05, 4.69) is 13.8 Å². The van der Waals surface area contributed by atoms with Gasteiger partial charge < -0.3 is 9.47 Å². The quantitative estimate of drug-likeness (QED) is 0.0692. The second kappa shape index (κ2) is 33.8. The van der Waals surface area contributed by atoms with Crippen molar-refractivity contribution in [2.24, 2.45) is 0 Å². The van der Waals surface area contributed by atoms with Gasteiger partial charge in [-0.15, -0.1) is 0 Å². The third-order valence-electron chi connectivity index (χ3n) is 9.85. The van der Waals surface area contributed by atoms with Gasteiger partial charge in [0.1, 0.15) is 0 Å². The highest BCUT2D eigenvalue weighted by Crippen LogP contribution is 2.23. The van der Waals surface area contributed by atoms with Crippen LogP contribution in [0.5, 0.6) is 0 Å². The van der Waals surface area contributed by atoms with Crippen LogP contribution in [0.25, 0.3) is 0 Å². The van der Waals surface area contributed by atoms with Crippen LogP contribution in [0.3, 0.4) is 0 Å². The van der Waals surface area contributed by atoms with Crippen molar-refractivity contribution in [1.82, 2.24) is 0 Å². The lowest BCUT2D eigenvalue weighted by Gasteiger charge is -2.32. The maximum absolute atomic E-state index is 6.17. The van der Waals surface area contributed by atoms with Crippen LogP contribution < -0.4 is 0 Å². The van der Waals surface area contributed by atoms with E-state index in [1.54, 1.807) is 0 Å². The lowest BCUT2D eigenvalue weighted by molar-refractivity contribution is -0.145. The molecule has 2 atom stereocenters. The van der Waals surface area contributed by atoms with Gasteiger partial charge in [0.15, 0.2) is 0 Å². The molecule has 0 radical (unpaired) electrons. The fourth-order valence-corrected chi connectivity index (χ4v) is 6.94. The number of unbranched alkanes of at least 4 members (excludes halogenated alkanes) is 30. The van der Waals surface area contributed by atoms with E-state index in [0.29, 0.717) is 12.2 Å². The normalized spacial score (nSPS) is 17.3. The van der Waals surface area contributed by atoms with Crippen molar-refractivity contribution in [3.05, 3.63) is 0 Å². The van der Waals surface area contributed by atoms with Crippen molar-refractivity contribution >= 4 is 0 Å². The van der Waals surface area contributed by atoms with Crippen molar-refractivity contribution in [2.75, 3.05) is 13.2 Å². The van der Waals surface area contributed by atoms with E-state index in [1.165, 1.54) is 218 Å². The monoisotopic (exact) mass is 593 g/mol. The molecule has 0 N–H and O–H groups in total. The average molecular weight is 593 g/mol. The Bertz CT molecular complexity index is 448. The van der Waals surface area contributed by atoms with Crippen LogP contribution in [0.15, 0.2) is 0 Å². The molecule has 1 rings (SSSR count). The fraction of sp³-hybridized carbons (Fsp3) is 1.00. The first-order valence-corrected chi connectivity index (χ1v) is 20.1. The fourth-order valence-electron chi connectivity index (χ4n) is 6.94. The van der Waals surface area contributed by atoms with Gasteiger partial charge in [0.05, 0.1) is 25.4 Å². The first-order valence-electron chi connectivity index (χ1n) is 20.1. The standard InChI is InChI=1S/C40H80O2/c1-3-5-7-9-11-13-15-17-19-21-23-25-27-29-31-33-35-39-40(42-38-37-41-39)36-34-32-30-28-26-24-22-20-18-16-14-12-10-8-6-4-2/h39-40H,3-38H2,1-2H3. The van der Waals surface area contributed by atoms with Crippen LogP contribution in [0.2, 0.25) is 0 Å². The highest BCUT2D eigenvalue weighted by Gasteiger charge is 2.25. The summed E-state index contributed by atoms with van der Waals surface area (Å²) in [5.41, 5.74) is 0. The Labute approximate surface area is 266 Å².